The molecule has 1 heterocycles. The normalized spacial score (nSPS) is 38.1. The quantitative estimate of drug-likeness (QED) is 0.584. The van der Waals surface area contributed by atoms with E-state index < -0.39 is 0 Å². The van der Waals surface area contributed by atoms with Gasteiger partial charge in [-0.05, 0) is 37.1 Å². The zero-order valence-corrected chi connectivity index (χ0v) is 8.11. The van der Waals surface area contributed by atoms with Gasteiger partial charge in [0.15, 0.2) is 5.78 Å². The molecule has 0 aromatic carbocycles. The van der Waals surface area contributed by atoms with Gasteiger partial charge in [-0.2, -0.15) is 0 Å². The highest BCUT2D eigenvalue weighted by molar-refractivity contribution is 6.00. The molecule has 2 heteroatoms. The molecule has 2 fully saturated rings. The summed E-state index contributed by atoms with van der Waals surface area (Å²) in [5, 5.41) is 0. The molecule has 0 amide bonds. The van der Waals surface area contributed by atoms with Gasteiger partial charge in [0.25, 0.3) is 0 Å². The van der Waals surface area contributed by atoms with Crippen LogP contribution in [0, 0.1) is 5.92 Å². The summed E-state index contributed by atoms with van der Waals surface area (Å²) in [6.45, 7) is 0. The Morgan fingerprint density at radius 3 is 2.64 bits per heavy atom. The summed E-state index contributed by atoms with van der Waals surface area (Å²) in [5.41, 5.74) is -0.209. The molecular weight excluding hydrogens is 176 g/mol. The lowest BCUT2D eigenvalue weighted by atomic mass is 9.68. The van der Waals surface area contributed by atoms with Crippen LogP contribution in [0.2, 0.25) is 0 Å². The second-order valence-electron chi connectivity index (χ2n) is 4.47. The van der Waals surface area contributed by atoms with E-state index in [9.17, 15) is 4.79 Å². The molecule has 74 valence electrons. The van der Waals surface area contributed by atoms with Gasteiger partial charge in [0.2, 0.25) is 0 Å². The molecule has 0 N–H and O–H groups in total. The molecule has 3 rings (SSSR count). The molecule has 2 aliphatic carbocycles. The van der Waals surface area contributed by atoms with Gasteiger partial charge in [0, 0.05) is 5.92 Å². The van der Waals surface area contributed by atoms with Gasteiger partial charge in [0.1, 0.15) is 5.60 Å². The molecule has 0 aromatic heterocycles. The molecule has 0 aromatic rings. The zero-order chi connectivity index (χ0) is 9.60. The molecule has 1 spiro atoms. The fourth-order valence-electron chi connectivity index (χ4n) is 2.89. The highest BCUT2D eigenvalue weighted by Gasteiger charge is 2.53. The molecular formula is C12H14O2. The van der Waals surface area contributed by atoms with E-state index in [2.05, 4.69) is 0 Å². The van der Waals surface area contributed by atoms with Crippen LogP contribution in [0.1, 0.15) is 25.7 Å². The van der Waals surface area contributed by atoms with Crippen LogP contribution in [0.3, 0.4) is 0 Å². The number of rotatable bonds is 0. The first-order valence-electron chi connectivity index (χ1n) is 5.40. The summed E-state index contributed by atoms with van der Waals surface area (Å²) in [7, 11) is 0. The van der Waals surface area contributed by atoms with Crippen LogP contribution >= 0.6 is 0 Å². The van der Waals surface area contributed by atoms with E-state index in [-0.39, 0.29) is 11.4 Å². The largest absolute Gasteiger partial charge is 0.363 e. The summed E-state index contributed by atoms with van der Waals surface area (Å²) in [5.74, 6) is 0.704. The van der Waals surface area contributed by atoms with Crippen molar-refractivity contribution in [3.8, 4) is 0 Å². The number of fused-ring (bicyclic) bond motifs is 2. The second kappa shape index (κ2) is 2.80. The van der Waals surface area contributed by atoms with Gasteiger partial charge in [-0.1, -0.05) is 12.8 Å². The number of carbonyl (C=O) groups excluding carboxylic acids is 1. The molecule has 1 saturated heterocycles. The van der Waals surface area contributed by atoms with Gasteiger partial charge in [-0.3, -0.25) is 4.79 Å². The number of ether oxygens (including phenoxy) is 1. The van der Waals surface area contributed by atoms with Crippen LogP contribution in [-0.2, 0) is 9.53 Å². The SMILES string of the molecule is O=C1C=CC2(C=C1)O[C@@H]1CCCC[C@@H]12. The summed E-state index contributed by atoms with van der Waals surface area (Å²) >= 11 is 0. The summed E-state index contributed by atoms with van der Waals surface area (Å²) < 4.78 is 5.89. The maximum atomic E-state index is 11.0. The summed E-state index contributed by atoms with van der Waals surface area (Å²) in [6.07, 6.45) is 12.7. The molecule has 2 atom stereocenters. The van der Waals surface area contributed by atoms with E-state index in [4.69, 9.17) is 4.74 Å². The van der Waals surface area contributed by atoms with E-state index in [0.717, 1.165) is 0 Å². The molecule has 0 unspecified atom stereocenters. The molecule has 1 saturated carbocycles. The monoisotopic (exact) mass is 190 g/mol. The predicted molar refractivity (Wildman–Crippen MR) is 52.8 cm³/mol. The molecule has 14 heavy (non-hydrogen) atoms. The maximum Gasteiger partial charge on any atom is 0.178 e. The standard InChI is InChI=1S/C12H14O2/c13-9-5-7-12(8-6-9)10-3-1-2-4-11(10)14-12/h5-8,10-11H,1-4H2/t10-,11+/m0/s1. The minimum atomic E-state index is -0.209. The van der Waals surface area contributed by atoms with Crippen LogP contribution in [-0.4, -0.2) is 17.5 Å². The van der Waals surface area contributed by atoms with Gasteiger partial charge >= 0.3 is 0 Å². The molecule has 0 bridgehead atoms. The average Bonchev–Trinajstić information content (AvgIpc) is 2.19. The van der Waals surface area contributed by atoms with Crippen molar-refractivity contribution in [2.24, 2.45) is 5.92 Å². The number of carbonyl (C=O) groups is 1. The van der Waals surface area contributed by atoms with Crippen molar-refractivity contribution < 1.29 is 9.53 Å². The first kappa shape index (κ1) is 8.42. The zero-order valence-electron chi connectivity index (χ0n) is 8.11. The van der Waals surface area contributed by atoms with Crippen molar-refractivity contribution in [3.05, 3.63) is 24.3 Å². The Labute approximate surface area is 83.6 Å². The minimum absolute atomic E-state index is 0.0819. The third-order valence-corrected chi connectivity index (χ3v) is 3.65. The van der Waals surface area contributed by atoms with Crippen molar-refractivity contribution in [3.63, 3.8) is 0 Å². The first-order valence-corrected chi connectivity index (χ1v) is 5.40. The van der Waals surface area contributed by atoms with Gasteiger partial charge in [-0.15, -0.1) is 0 Å². The number of allylic oxidation sites excluding steroid dienone is 2. The van der Waals surface area contributed by atoms with Gasteiger partial charge in [-0.25, -0.2) is 0 Å². The van der Waals surface area contributed by atoms with Crippen LogP contribution < -0.4 is 0 Å². The Hall–Kier alpha value is -0.890. The Morgan fingerprint density at radius 1 is 1.21 bits per heavy atom. The van der Waals surface area contributed by atoms with Gasteiger partial charge in [0.05, 0.1) is 6.10 Å². The topological polar surface area (TPSA) is 26.3 Å². The van der Waals surface area contributed by atoms with Crippen LogP contribution in [0.25, 0.3) is 0 Å². The highest BCUT2D eigenvalue weighted by Crippen LogP contribution is 2.49. The van der Waals surface area contributed by atoms with E-state index in [0.29, 0.717) is 12.0 Å². The van der Waals surface area contributed by atoms with Crippen molar-refractivity contribution in [1.29, 1.82) is 0 Å². The van der Waals surface area contributed by atoms with Crippen molar-refractivity contribution in [1.82, 2.24) is 0 Å². The van der Waals surface area contributed by atoms with Crippen molar-refractivity contribution in [2.45, 2.75) is 37.4 Å². The molecule has 2 nitrogen and oxygen atoms in total. The van der Waals surface area contributed by atoms with E-state index >= 15 is 0 Å². The lowest BCUT2D eigenvalue weighted by Crippen LogP contribution is -2.59. The summed E-state index contributed by atoms with van der Waals surface area (Å²) in [6, 6.07) is 0. The fraction of sp³-hybridized carbons (Fsp3) is 0.583. The number of hydrogen-bond acceptors (Lipinski definition) is 2. The van der Waals surface area contributed by atoms with Crippen molar-refractivity contribution in [2.75, 3.05) is 0 Å². The van der Waals surface area contributed by atoms with Crippen molar-refractivity contribution >= 4 is 5.78 Å². The number of ketones is 1. The number of hydrogen-bond donors (Lipinski definition) is 0. The smallest absolute Gasteiger partial charge is 0.178 e. The molecule has 3 aliphatic rings. The predicted octanol–water partition coefficient (Wildman–Crippen LogP) is 2.01. The average molecular weight is 190 g/mol. The Bertz CT molecular complexity index is 311. The first-order chi connectivity index (χ1) is 6.80. The Balaban J connectivity index is 1.83. The molecule has 0 radical (unpaired) electrons. The third kappa shape index (κ3) is 1.04. The lowest BCUT2D eigenvalue weighted by Gasteiger charge is -2.55. The van der Waals surface area contributed by atoms with Crippen LogP contribution in [0.5, 0.6) is 0 Å². The third-order valence-electron chi connectivity index (χ3n) is 3.65. The van der Waals surface area contributed by atoms with Gasteiger partial charge < -0.3 is 4.74 Å². The lowest BCUT2D eigenvalue weighted by molar-refractivity contribution is -0.222. The van der Waals surface area contributed by atoms with Crippen LogP contribution in [0.4, 0.5) is 0 Å². The van der Waals surface area contributed by atoms with Crippen LogP contribution in [0.15, 0.2) is 24.3 Å². The summed E-state index contributed by atoms with van der Waals surface area (Å²) in [4.78, 5) is 11.0. The van der Waals surface area contributed by atoms with E-state index in [1.807, 2.05) is 12.2 Å². The highest BCUT2D eigenvalue weighted by atomic mass is 16.5. The molecule has 1 aliphatic heterocycles. The van der Waals surface area contributed by atoms with E-state index in [1.54, 1.807) is 12.2 Å². The minimum Gasteiger partial charge on any atom is -0.363 e. The Morgan fingerprint density at radius 2 is 1.93 bits per heavy atom. The maximum absolute atomic E-state index is 11.0. The second-order valence-corrected chi connectivity index (χ2v) is 4.47. The Kier molecular flexibility index (Phi) is 1.68. The van der Waals surface area contributed by atoms with E-state index in [1.165, 1.54) is 25.7 Å². The fourth-order valence-corrected chi connectivity index (χ4v) is 2.89.